The molecule has 2 rings (SSSR count). The van der Waals surface area contributed by atoms with E-state index in [0.717, 1.165) is 32.4 Å². The fourth-order valence-corrected chi connectivity index (χ4v) is 2.81. The normalized spacial score (nSPS) is 20.8. The van der Waals surface area contributed by atoms with Crippen molar-refractivity contribution in [2.45, 2.75) is 31.5 Å². The van der Waals surface area contributed by atoms with Gasteiger partial charge >= 0.3 is 0 Å². The third-order valence-electron chi connectivity index (χ3n) is 3.15. The monoisotopic (exact) mass is 285 g/mol. The number of hydrogen-bond acceptors (Lipinski definition) is 5. The number of aliphatic hydroxyl groups is 1. The fourth-order valence-electron chi connectivity index (χ4n) is 2.11. The molecule has 2 unspecified atom stereocenters. The van der Waals surface area contributed by atoms with E-state index in [4.69, 9.17) is 9.47 Å². The molecule has 1 aromatic heterocycles. The highest BCUT2D eigenvalue weighted by molar-refractivity contribution is 7.09. The SMILES string of the molecule is OC(CNCCc1cccs1)COCC1CCCO1. The van der Waals surface area contributed by atoms with Gasteiger partial charge in [-0.2, -0.15) is 0 Å². The van der Waals surface area contributed by atoms with E-state index < -0.39 is 6.10 Å². The largest absolute Gasteiger partial charge is 0.389 e. The van der Waals surface area contributed by atoms with E-state index in [1.807, 2.05) is 0 Å². The molecule has 2 N–H and O–H groups in total. The Morgan fingerprint density at radius 3 is 3.26 bits per heavy atom. The Morgan fingerprint density at radius 2 is 2.53 bits per heavy atom. The summed E-state index contributed by atoms with van der Waals surface area (Å²) in [5.74, 6) is 0. The minimum absolute atomic E-state index is 0.235. The zero-order chi connectivity index (χ0) is 13.3. The smallest absolute Gasteiger partial charge is 0.0897 e. The summed E-state index contributed by atoms with van der Waals surface area (Å²) in [6, 6.07) is 4.20. The van der Waals surface area contributed by atoms with Crippen LogP contribution in [0.5, 0.6) is 0 Å². The number of rotatable bonds is 9. The lowest BCUT2D eigenvalue weighted by Gasteiger charge is -2.14. The van der Waals surface area contributed by atoms with Gasteiger partial charge < -0.3 is 19.9 Å². The Kier molecular flexibility index (Phi) is 6.81. The molecule has 1 aliphatic heterocycles. The molecule has 5 heteroatoms. The van der Waals surface area contributed by atoms with Gasteiger partial charge in [0.25, 0.3) is 0 Å². The first-order valence-corrected chi connectivity index (χ1v) is 7.83. The average Bonchev–Trinajstić information content (AvgIpc) is 3.07. The molecule has 4 nitrogen and oxygen atoms in total. The van der Waals surface area contributed by atoms with Gasteiger partial charge in [-0.05, 0) is 30.7 Å². The first-order chi connectivity index (χ1) is 9.34. The maximum atomic E-state index is 9.75. The maximum absolute atomic E-state index is 9.75. The summed E-state index contributed by atoms with van der Waals surface area (Å²) in [4.78, 5) is 1.37. The third-order valence-corrected chi connectivity index (χ3v) is 4.08. The van der Waals surface area contributed by atoms with Gasteiger partial charge in [-0.25, -0.2) is 0 Å². The van der Waals surface area contributed by atoms with E-state index in [1.54, 1.807) is 11.3 Å². The van der Waals surface area contributed by atoms with E-state index in [-0.39, 0.29) is 6.10 Å². The van der Waals surface area contributed by atoms with Gasteiger partial charge in [-0.3, -0.25) is 0 Å². The number of hydrogen-bond donors (Lipinski definition) is 2. The molecule has 1 aliphatic rings. The van der Waals surface area contributed by atoms with E-state index in [1.165, 1.54) is 4.88 Å². The van der Waals surface area contributed by atoms with Crippen LogP contribution in [0.3, 0.4) is 0 Å². The molecule has 0 radical (unpaired) electrons. The van der Waals surface area contributed by atoms with Gasteiger partial charge in [0.1, 0.15) is 0 Å². The number of ether oxygens (including phenoxy) is 2. The summed E-state index contributed by atoms with van der Waals surface area (Å²) < 4.78 is 10.9. The zero-order valence-corrected chi connectivity index (χ0v) is 12.0. The highest BCUT2D eigenvalue weighted by Gasteiger charge is 2.15. The standard InChI is InChI=1S/C14H23NO3S/c16-12(10-17-11-13-3-1-7-18-13)9-15-6-5-14-4-2-8-19-14/h2,4,8,12-13,15-16H,1,3,5-7,9-11H2. The Labute approximate surface area is 118 Å². The molecule has 1 saturated heterocycles. The highest BCUT2D eigenvalue weighted by Crippen LogP contribution is 2.12. The molecule has 1 fully saturated rings. The number of aliphatic hydroxyl groups excluding tert-OH is 1. The van der Waals surface area contributed by atoms with Gasteiger partial charge in [-0.1, -0.05) is 6.07 Å². The zero-order valence-electron chi connectivity index (χ0n) is 11.2. The van der Waals surface area contributed by atoms with Crippen LogP contribution in [0.1, 0.15) is 17.7 Å². The molecule has 0 aromatic carbocycles. The van der Waals surface area contributed by atoms with Crippen molar-refractivity contribution in [3.05, 3.63) is 22.4 Å². The van der Waals surface area contributed by atoms with Gasteiger partial charge in [0, 0.05) is 24.6 Å². The van der Waals surface area contributed by atoms with Crippen LogP contribution < -0.4 is 5.32 Å². The van der Waals surface area contributed by atoms with Crippen molar-refractivity contribution in [1.29, 1.82) is 0 Å². The number of nitrogens with one attached hydrogen (secondary N) is 1. The molecule has 1 aromatic rings. The maximum Gasteiger partial charge on any atom is 0.0897 e. The van der Waals surface area contributed by atoms with Gasteiger partial charge in [-0.15, -0.1) is 11.3 Å². The van der Waals surface area contributed by atoms with Crippen LogP contribution in [0.25, 0.3) is 0 Å². The van der Waals surface area contributed by atoms with E-state index in [2.05, 4.69) is 22.8 Å². The highest BCUT2D eigenvalue weighted by atomic mass is 32.1. The molecular weight excluding hydrogens is 262 g/mol. The van der Waals surface area contributed by atoms with Crippen LogP contribution >= 0.6 is 11.3 Å². The molecule has 0 saturated carbocycles. The summed E-state index contributed by atoms with van der Waals surface area (Å²) in [6.07, 6.45) is 3.01. The second-order valence-corrected chi connectivity index (χ2v) is 5.89. The van der Waals surface area contributed by atoms with Crippen molar-refractivity contribution >= 4 is 11.3 Å². The molecule has 2 heterocycles. The molecular formula is C14H23NO3S. The van der Waals surface area contributed by atoms with Crippen molar-refractivity contribution in [2.24, 2.45) is 0 Å². The average molecular weight is 285 g/mol. The van der Waals surface area contributed by atoms with Crippen molar-refractivity contribution in [1.82, 2.24) is 5.32 Å². The van der Waals surface area contributed by atoms with Gasteiger partial charge in [0.2, 0.25) is 0 Å². The molecule has 2 atom stereocenters. The summed E-state index contributed by atoms with van der Waals surface area (Å²) in [6.45, 7) is 3.30. The Balaban J connectivity index is 1.44. The van der Waals surface area contributed by atoms with E-state index >= 15 is 0 Å². The first kappa shape index (κ1) is 14.9. The summed E-state index contributed by atoms with van der Waals surface area (Å²) in [5, 5.41) is 15.1. The Hall–Kier alpha value is -0.460. The van der Waals surface area contributed by atoms with Crippen molar-refractivity contribution in [3.63, 3.8) is 0 Å². The topological polar surface area (TPSA) is 50.7 Å². The van der Waals surface area contributed by atoms with Crippen LogP contribution in [0.4, 0.5) is 0 Å². The minimum Gasteiger partial charge on any atom is -0.389 e. The van der Waals surface area contributed by atoms with Crippen LogP contribution in [-0.4, -0.2) is 50.2 Å². The van der Waals surface area contributed by atoms with Crippen LogP contribution in [-0.2, 0) is 15.9 Å². The summed E-state index contributed by atoms with van der Waals surface area (Å²) in [7, 11) is 0. The first-order valence-electron chi connectivity index (χ1n) is 6.95. The predicted molar refractivity (Wildman–Crippen MR) is 76.7 cm³/mol. The lowest BCUT2D eigenvalue weighted by Crippen LogP contribution is -2.32. The second-order valence-electron chi connectivity index (χ2n) is 4.86. The predicted octanol–water partition coefficient (Wildman–Crippen LogP) is 1.44. The third kappa shape index (κ3) is 6.01. The lowest BCUT2D eigenvalue weighted by molar-refractivity contribution is -0.0163. The van der Waals surface area contributed by atoms with Gasteiger partial charge in [0.05, 0.1) is 25.4 Å². The molecule has 0 bridgehead atoms. The molecule has 19 heavy (non-hydrogen) atoms. The number of thiophene rings is 1. The summed E-state index contributed by atoms with van der Waals surface area (Å²) in [5.41, 5.74) is 0. The van der Waals surface area contributed by atoms with Crippen LogP contribution in [0, 0.1) is 0 Å². The van der Waals surface area contributed by atoms with E-state index in [0.29, 0.717) is 19.8 Å². The lowest BCUT2D eigenvalue weighted by atomic mass is 10.2. The van der Waals surface area contributed by atoms with Crippen molar-refractivity contribution in [3.8, 4) is 0 Å². The van der Waals surface area contributed by atoms with Gasteiger partial charge in [0.15, 0.2) is 0 Å². The Bertz CT molecular complexity index is 325. The summed E-state index contributed by atoms with van der Waals surface area (Å²) >= 11 is 1.77. The quantitative estimate of drug-likeness (QED) is 0.674. The fraction of sp³-hybridized carbons (Fsp3) is 0.714. The molecule has 0 aliphatic carbocycles. The minimum atomic E-state index is -0.440. The van der Waals surface area contributed by atoms with Crippen molar-refractivity contribution in [2.75, 3.05) is 32.9 Å². The van der Waals surface area contributed by atoms with E-state index in [9.17, 15) is 5.11 Å². The van der Waals surface area contributed by atoms with Crippen LogP contribution in [0.2, 0.25) is 0 Å². The molecule has 0 spiro atoms. The van der Waals surface area contributed by atoms with Crippen molar-refractivity contribution < 1.29 is 14.6 Å². The Morgan fingerprint density at radius 1 is 1.58 bits per heavy atom. The molecule has 108 valence electrons. The molecule has 0 amide bonds. The second kappa shape index (κ2) is 8.66. The van der Waals surface area contributed by atoms with Crippen LogP contribution in [0.15, 0.2) is 17.5 Å².